The molecule has 6 heteroatoms. The van der Waals surface area contributed by atoms with Gasteiger partial charge in [-0.2, -0.15) is 0 Å². The lowest BCUT2D eigenvalue weighted by Gasteiger charge is -2.07. The lowest BCUT2D eigenvalue weighted by Crippen LogP contribution is -2.07. The first-order chi connectivity index (χ1) is 11.3. The summed E-state index contributed by atoms with van der Waals surface area (Å²) in [5, 5.41) is 3.38. The Morgan fingerprint density at radius 1 is 1.17 bits per heavy atom. The van der Waals surface area contributed by atoms with Crippen molar-refractivity contribution in [3.05, 3.63) is 42.5 Å². The number of nitrogens with zero attached hydrogens (tertiary/aromatic N) is 4. The second-order valence-corrected chi connectivity index (χ2v) is 5.80. The van der Waals surface area contributed by atoms with Crippen LogP contribution in [0.15, 0.2) is 36.9 Å². The Labute approximate surface area is 134 Å². The normalized spacial score (nSPS) is 14.1. The largest absolute Gasteiger partial charge is 0.497 e. The van der Waals surface area contributed by atoms with Gasteiger partial charge in [-0.05, 0) is 37.0 Å². The van der Waals surface area contributed by atoms with E-state index in [9.17, 15) is 0 Å². The Kier molecular flexibility index (Phi) is 3.57. The van der Waals surface area contributed by atoms with E-state index in [0.717, 1.165) is 35.7 Å². The van der Waals surface area contributed by atoms with Gasteiger partial charge < -0.3 is 14.6 Å². The number of imidazole rings is 1. The van der Waals surface area contributed by atoms with Crippen LogP contribution >= 0.6 is 0 Å². The Hall–Kier alpha value is -2.63. The molecule has 0 saturated heterocycles. The quantitative estimate of drug-likeness (QED) is 0.758. The number of nitrogens with one attached hydrogen (secondary N) is 1. The first-order valence-electron chi connectivity index (χ1n) is 7.89. The highest BCUT2D eigenvalue weighted by atomic mass is 16.5. The minimum atomic E-state index is 0.571. The van der Waals surface area contributed by atoms with Crippen molar-refractivity contribution in [2.45, 2.75) is 25.3 Å². The Morgan fingerprint density at radius 2 is 2.00 bits per heavy atom. The van der Waals surface area contributed by atoms with E-state index in [1.54, 1.807) is 13.4 Å². The van der Waals surface area contributed by atoms with E-state index in [2.05, 4.69) is 37.0 Å². The van der Waals surface area contributed by atoms with Gasteiger partial charge in [0.2, 0.25) is 0 Å². The van der Waals surface area contributed by atoms with Crippen molar-refractivity contribution in [3.63, 3.8) is 0 Å². The van der Waals surface area contributed by atoms with E-state index >= 15 is 0 Å². The van der Waals surface area contributed by atoms with E-state index in [1.807, 2.05) is 18.5 Å². The Balaban J connectivity index is 1.45. The van der Waals surface area contributed by atoms with Gasteiger partial charge in [-0.3, -0.25) is 0 Å². The SMILES string of the molecule is COc1ccc(CCNc2ncnc3c2ncn3C2CC2)cc1. The molecule has 0 unspecified atom stereocenters. The molecule has 0 aliphatic heterocycles. The molecule has 0 amide bonds. The number of aromatic nitrogens is 4. The molecular formula is C17H19N5O. The molecule has 1 aliphatic rings. The molecule has 1 N–H and O–H groups in total. The van der Waals surface area contributed by atoms with Crippen LogP contribution in [-0.4, -0.2) is 33.2 Å². The van der Waals surface area contributed by atoms with Crippen molar-refractivity contribution >= 4 is 17.0 Å². The first kappa shape index (κ1) is 14.0. The Morgan fingerprint density at radius 3 is 2.74 bits per heavy atom. The standard InChI is InChI=1S/C17H19N5O/c1-23-14-6-2-12(3-7-14)8-9-18-16-15-17(20-10-19-16)22(11-21-15)13-4-5-13/h2-3,6-7,10-11,13H,4-5,8-9H2,1H3,(H,18,19,20). The highest BCUT2D eigenvalue weighted by Gasteiger charge is 2.26. The van der Waals surface area contributed by atoms with Crippen LogP contribution in [-0.2, 0) is 6.42 Å². The van der Waals surface area contributed by atoms with Gasteiger partial charge in [0.05, 0.1) is 13.4 Å². The van der Waals surface area contributed by atoms with Crippen molar-refractivity contribution in [1.29, 1.82) is 0 Å². The highest BCUT2D eigenvalue weighted by molar-refractivity contribution is 5.82. The molecule has 1 aromatic carbocycles. The molecule has 0 atom stereocenters. The van der Waals surface area contributed by atoms with Crippen molar-refractivity contribution in [3.8, 4) is 5.75 Å². The number of hydrogen-bond donors (Lipinski definition) is 1. The van der Waals surface area contributed by atoms with Crippen LogP contribution in [0.3, 0.4) is 0 Å². The van der Waals surface area contributed by atoms with Gasteiger partial charge in [-0.1, -0.05) is 12.1 Å². The maximum Gasteiger partial charge on any atom is 0.165 e. The lowest BCUT2D eigenvalue weighted by molar-refractivity contribution is 0.414. The average Bonchev–Trinajstić information content (AvgIpc) is 3.34. The second-order valence-electron chi connectivity index (χ2n) is 5.80. The molecule has 1 aliphatic carbocycles. The molecule has 118 valence electrons. The van der Waals surface area contributed by atoms with Crippen molar-refractivity contribution in [1.82, 2.24) is 19.5 Å². The summed E-state index contributed by atoms with van der Waals surface area (Å²) >= 11 is 0. The number of fused-ring (bicyclic) bond motifs is 1. The second kappa shape index (κ2) is 5.87. The van der Waals surface area contributed by atoms with Crippen molar-refractivity contribution in [2.24, 2.45) is 0 Å². The predicted octanol–water partition coefficient (Wildman–Crippen LogP) is 2.82. The van der Waals surface area contributed by atoms with Crippen LogP contribution in [0.2, 0.25) is 0 Å². The maximum absolute atomic E-state index is 5.17. The van der Waals surface area contributed by atoms with Gasteiger partial charge in [-0.15, -0.1) is 0 Å². The zero-order valence-corrected chi connectivity index (χ0v) is 13.1. The maximum atomic E-state index is 5.17. The van der Waals surface area contributed by atoms with Crippen molar-refractivity contribution in [2.75, 3.05) is 19.0 Å². The van der Waals surface area contributed by atoms with Crippen LogP contribution in [0.4, 0.5) is 5.82 Å². The molecular weight excluding hydrogens is 290 g/mol. The molecule has 2 aromatic heterocycles. The fraction of sp³-hybridized carbons (Fsp3) is 0.353. The van der Waals surface area contributed by atoms with Crippen LogP contribution in [0, 0.1) is 0 Å². The monoisotopic (exact) mass is 309 g/mol. The molecule has 2 heterocycles. The summed E-state index contributed by atoms with van der Waals surface area (Å²) < 4.78 is 7.33. The zero-order valence-electron chi connectivity index (χ0n) is 13.1. The van der Waals surface area contributed by atoms with Crippen LogP contribution in [0.1, 0.15) is 24.4 Å². The molecule has 0 bridgehead atoms. The molecule has 0 radical (unpaired) electrons. The summed E-state index contributed by atoms with van der Waals surface area (Å²) in [6.45, 7) is 0.800. The van der Waals surface area contributed by atoms with Gasteiger partial charge in [0.15, 0.2) is 11.5 Å². The number of ether oxygens (including phenoxy) is 1. The third-order valence-electron chi connectivity index (χ3n) is 4.16. The summed E-state index contributed by atoms with van der Waals surface area (Å²) in [6.07, 6.45) is 6.84. The van der Waals surface area contributed by atoms with Gasteiger partial charge in [0, 0.05) is 12.6 Å². The van der Waals surface area contributed by atoms with E-state index in [1.165, 1.54) is 18.4 Å². The van der Waals surface area contributed by atoms with Gasteiger partial charge in [-0.25, -0.2) is 15.0 Å². The smallest absolute Gasteiger partial charge is 0.165 e. The van der Waals surface area contributed by atoms with Crippen LogP contribution < -0.4 is 10.1 Å². The van der Waals surface area contributed by atoms with Gasteiger partial charge in [0.25, 0.3) is 0 Å². The summed E-state index contributed by atoms with van der Waals surface area (Å²) in [4.78, 5) is 13.2. The summed E-state index contributed by atoms with van der Waals surface area (Å²) in [7, 11) is 1.68. The summed E-state index contributed by atoms with van der Waals surface area (Å²) in [5.74, 6) is 1.69. The van der Waals surface area contributed by atoms with E-state index < -0.39 is 0 Å². The van der Waals surface area contributed by atoms with E-state index in [-0.39, 0.29) is 0 Å². The van der Waals surface area contributed by atoms with Crippen LogP contribution in [0.25, 0.3) is 11.2 Å². The first-order valence-corrected chi connectivity index (χ1v) is 7.89. The minimum absolute atomic E-state index is 0.571. The average molecular weight is 309 g/mol. The Bertz CT molecular complexity index is 807. The molecule has 6 nitrogen and oxygen atoms in total. The number of hydrogen-bond acceptors (Lipinski definition) is 5. The third kappa shape index (κ3) is 2.84. The van der Waals surface area contributed by atoms with E-state index in [0.29, 0.717) is 6.04 Å². The van der Waals surface area contributed by atoms with Crippen LogP contribution in [0.5, 0.6) is 5.75 Å². The molecule has 1 fully saturated rings. The van der Waals surface area contributed by atoms with Gasteiger partial charge >= 0.3 is 0 Å². The fourth-order valence-corrected chi connectivity index (χ4v) is 2.72. The molecule has 3 aromatic rings. The predicted molar refractivity (Wildman–Crippen MR) is 88.8 cm³/mol. The number of benzene rings is 1. The number of anilines is 1. The van der Waals surface area contributed by atoms with Crippen molar-refractivity contribution < 1.29 is 4.74 Å². The highest BCUT2D eigenvalue weighted by Crippen LogP contribution is 2.37. The summed E-state index contributed by atoms with van der Waals surface area (Å²) in [6, 6.07) is 8.70. The molecule has 1 saturated carbocycles. The molecule has 4 rings (SSSR count). The lowest BCUT2D eigenvalue weighted by atomic mass is 10.1. The fourth-order valence-electron chi connectivity index (χ4n) is 2.72. The molecule has 23 heavy (non-hydrogen) atoms. The van der Waals surface area contributed by atoms with E-state index in [4.69, 9.17) is 4.74 Å². The topological polar surface area (TPSA) is 64.9 Å². The number of rotatable bonds is 6. The molecule has 0 spiro atoms. The third-order valence-corrected chi connectivity index (χ3v) is 4.16. The summed E-state index contributed by atoms with van der Waals surface area (Å²) in [5.41, 5.74) is 3.04. The number of methoxy groups -OCH3 is 1. The zero-order chi connectivity index (χ0) is 15.6. The van der Waals surface area contributed by atoms with Gasteiger partial charge in [0.1, 0.15) is 17.6 Å². The minimum Gasteiger partial charge on any atom is -0.497 e.